The van der Waals surface area contributed by atoms with E-state index in [1.165, 1.54) is 12.8 Å². The van der Waals surface area contributed by atoms with Crippen LogP contribution in [0.15, 0.2) is 11.6 Å². The number of anilines is 1. The normalized spacial score (nSPS) is 22.0. The van der Waals surface area contributed by atoms with Crippen molar-refractivity contribution in [3.05, 3.63) is 11.6 Å². The number of aromatic nitrogens is 1. The molecule has 0 bridgehead atoms. The quantitative estimate of drug-likeness (QED) is 0.803. The molecule has 0 radical (unpaired) electrons. The van der Waals surface area contributed by atoms with Crippen LogP contribution in [-0.4, -0.2) is 24.7 Å². The maximum Gasteiger partial charge on any atom is 0.182 e. The number of nitrogens with one attached hydrogen (secondary N) is 1. The Morgan fingerprint density at radius 1 is 1.69 bits per heavy atom. The van der Waals surface area contributed by atoms with Gasteiger partial charge in [0.1, 0.15) is 0 Å². The first kappa shape index (κ1) is 8.97. The van der Waals surface area contributed by atoms with Crippen molar-refractivity contribution in [2.24, 2.45) is 5.92 Å². The van der Waals surface area contributed by atoms with Crippen molar-refractivity contribution in [1.29, 1.82) is 0 Å². The Morgan fingerprint density at radius 2 is 2.69 bits per heavy atom. The Morgan fingerprint density at radius 3 is 3.38 bits per heavy atom. The number of rotatable bonds is 4. The summed E-state index contributed by atoms with van der Waals surface area (Å²) in [7, 11) is 0. The van der Waals surface area contributed by atoms with Crippen molar-refractivity contribution in [2.75, 3.05) is 25.1 Å². The zero-order chi connectivity index (χ0) is 8.93. The third-order valence-corrected chi connectivity index (χ3v) is 3.02. The van der Waals surface area contributed by atoms with Gasteiger partial charge in [0.15, 0.2) is 5.13 Å². The summed E-state index contributed by atoms with van der Waals surface area (Å²) in [5.74, 6) is 0.757. The highest BCUT2D eigenvalue weighted by Crippen LogP contribution is 2.17. The van der Waals surface area contributed by atoms with E-state index in [-0.39, 0.29) is 0 Å². The van der Waals surface area contributed by atoms with Gasteiger partial charge < -0.3 is 10.1 Å². The van der Waals surface area contributed by atoms with Crippen LogP contribution in [0.2, 0.25) is 0 Å². The van der Waals surface area contributed by atoms with Crippen molar-refractivity contribution in [3.8, 4) is 0 Å². The molecule has 2 rings (SSSR count). The van der Waals surface area contributed by atoms with Crippen LogP contribution in [0, 0.1) is 5.92 Å². The van der Waals surface area contributed by atoms with Crippen molar-refractivity contribution < 1.29 is 4.74 Å². The van der Waals surface area contributed by atoms with Crippen LogP contribution < -0.4 is 5.32 Å². The molecule has 1 aliphatic rings. The molecule has 0 aliphatic carbocycles. The fourth-order valence-corrected chi connectivity index (χ4v) is 2.06. The highest BCUT2D eigenvalue weighted by molar-refractivity contribution is 7.13. The Bertz CT molecular complexity index is 232. The van der Waals surface area contributed by atoms with Gasteiger partial charge in [-0.25, -0.2) is 4.98 Å². The van der Waals surface area contributed by atoms with Gasteiger partial charge >= 0.3 is 0 Å². The van der Waals surface area contributed by atoms with Crippen LogP contribution in [-0.2, 0) is 4.74 Å². The Hall–Kier alpha value is -0.610. The van der Waals surface area contributed by atoms with Gasteiger partial charge in [0.2, 0.25) is 0 Å². The van der Waals surface area contributed by atoms with Gasteiger partial charge in [0, 0.05) is 31.3 Å². The minimum atomic E-state index is 0.757. The Balaban J connectivity index is 1.63. The summed E-state index contributed by atoms with van der Waals surface area (Å²) >= 11 is 1.65. The van der Waals surface area contributed by atoms with E-state index in [0.29, 0.717) is 0 Å². The predicted octanol–water partition coefficient (Wildman–Crippen LogP) is 1.98. The zero-order valence-corrected chi connectivity index (χ0v) is 8.35. The molecule has 1 fully saturated rings. The summed E-state index contributed by atoms with van der Waals surface area (Å²) in [6, 6.07) is 0. The lowest BCUT2D eigenvalue weighted by molar-refractivity contribution is 0.185. The minimum absolute atomic E-state index is 0.757. The van der Waals surface area contributed by atoms with Crippen molar-refractivity contribution in [1.82, 2.24) is 4.98 Å². The molecule has 1 aromatic heterocycles. The molecule has 3 nitrogen and oxygen atoms in total. The topological polar surface area (TPSA) is 34.1 Å². The van der Waals surface area contributed by atoms with Gasteiger partial charge in [-0.05, 0) is 18.8 Å². The van der Waals surface area contributed by atoms with Crippen LogP contribution >= 0.6 is 11.3 Å². The van der Waals surface area contributed by atoms with Crippen LogP contribution in [0.4, 0.5) is 5.13 Å². The zero-order valence-electron chi connectivity index (χ0n) is 7.53. The second-order valence-corrected chi connectivity index (χ2v) is 4.18. The van der Waals surface area contributed by atoms with E-state index in [4.69, 9.17) is 4.74 Å². The summed E-state index contributed by atoms with van der Waals surface area (Å²) in [5, 5.41) is 6.32. The molecular weight excluding hydrogens is 184 g/mol. The van der Waals surface area contributed by atoms with Crippen molar-refractivity contribution in [2.45, 2.75) is 12.8 Å². The van der Waals surface area contributed by atoms with Crippen molar-refractivity contribution >= 4 is 16.5 Å². The Kier molecular flexibility index (Phi) is 3.16. The number of nitrogens with zero attached hydrogens (tertiary/aromatic N) is 1. The van der Waals surface area contributed by atoms with E-state index in [1.54, 1.807) is 11.3 Å². The lowest BCUT2D eigenvalue weighted by atomic mass is 10.1. The van der Waals surface area contributed by atoms with Gasteiger partial charge in [0.25, 0.3) is 0 Å². The first-order valence-electron chi connectivity index (χ1n) is 4.66. The largest absolute Gasteiger partial charge is 0.381 e. The molecule has 1 unspecified atom stereocenters. The molecule has 0 aromatic carbocycles. The SMILES string of the molecule is c1csc(NCCC2CCOC2)n1. The smallest absolute Gasteiger partial charge is 0.182 e. The summed E-state index contributed by atoms with van der Waals surface area (Å²) in [5.41, 5.74) is 0. The van der Waals surface area contributed by atoms with E-state index in [9.17, 15) is 0 Å². The number of hydrogen-bond donors (Lipinski definition) is 1. The van der Waals surface area contributed by atoms with Crippen LogP contribution in [0.3, 0.4) is 0 Å². The highest BCUT2D eigenvalue weighted by atomic mass is 32.1. The third-order valence-electron chi connectivity index (χ3n) is 2.29. The summed E-state index contributed by atoms with van der Waals surface area (Å²) < 4.78 is 5.30. The van der Waals surface area contributed by atoms with Crippen LogP contribution in [0.1, 0.15) is 12.8 Å². The highest BCUT2D eigenvalue weighted by Gasteiger charge is 2.14. The fourth-order valence-electron chi connectivity index (χ4n) is 1.50. The number of ether oxygens (including phenoxy) is 1. The summed E-state index contributed by atoms with van der Waals surface area (Å²) in [6.45, 7) is 2.91. The molecule has 1 aliphatic heterocycles. The predicted molar refractivity (Wildman–Crippen MR) is 54.1 cm³/mol. The molecule has 1 saturated heterocycles. The maximum atomic E-state index is 5.30. The first-order chi connectivity index (χ1) is 6.45. The van der Waals surface area contributed by atoms with E-state index in [0.717, 1.165) is 30.8 Å². The van der Waals surface area contributed by atoms with E-state index in [2.05, 4.69) is 10.3 Å². The lowest BCUT2D eigenvalue weighted by Crippen LogP contribution is -2.08. The second-order valence-electron chi connectivity index (χ2n) is 3.28. The minimum Gasteiger partial charge on any atom is -0.381 e. The molecule has 0 spiro atoms. The van der Waals surface area contributed by atoms with Gasteiger partial charge in [-0.15, -0.1) is 11.3 Å². The van der Waals surface area contributed by atoms with Crippen molar-refractivity contribution in [3.63, 3.8) is 0 Å². The van der Waals surface area contributed by atoms with E-state index >= 15 is 0 Å². The Labute approximate surface area is 82.1 Å². The van der Waals surface area contributed by atoms with Gasteiger partial charge in [0.05, 0.1) is 0 Å². The number of thiazole rings is 1. The molecule has 13 heavy (non-hydrogen) atoms. The third kappa shape index (κ3) is 2.67. The molecule has 4 heteroatoms. The fraction of sp³-hybridized carbons (Fsp3) is 0.667. The molecule has 1 atom stereocenters. The molecule has 1 aromatic rings. The molecule has 0 saturated carbocycles. The molecule has 2 heterocycles. The van der Waals surface area contributed by atoms with Gasteiger partial charge in [-0.1, -0.05) is 0 Å². The molecule has 72 valence electrons. The summed E-state index contributed by atoms with van der Waals surface area (Å²) in [6.07, 6.45) is 4.24. The van der Waals surface area contributed by atoms with E-state index < -0.39 is 0 Å². The number of hydrogen-bond acceptors (Lipinski definition) is 4. The molecule has 1 N–H and O–H groups in total. The second kappa shape index (κ2) is 4.58. The standard InChI is InChI=1S/C9H14N2OS/c1(8-2-5-12-7-8)3-10-9-11-4-6-13-9/h4,6,8H,1-3,5,7H2,(H,10,11). The van der Waals surface area contributed by atoms with Gasteiger partial charge in [-0.3, -0.25) is 0 Å². The molecule has 0 amide bonds. The maximum absolute atomic E-state index is 5.30. The average molecular weight is 198 g/mol. The van der Waals surface area contributed by atoms with E-state index in [1.807, 2.05) is 11.6 Å². The average Bonchev–Trinajstić information content (AvgIpc) is 2.75. The first-order valence-corrected chi connectivity index (χ1v) is 5.54. The summed E-state index contributed by atoms with van der Waals surface area (Å²) in [4.78, 5) is 4.16. The lowest BCUT2D eigenvalue weighted by Gasteiger charge is -2.06. The van der Waals surface area contributed by atoms with Crippen LogP contribution in [0.5, 0.6) is 0 Å². The monoisotopic (exact) mass is 198 g/mol. The van der Waals surface area contributed by atoms with Crippen LogP contribution in [0.25, 0.3) is 0 Å². The van der Waals surface area contributed by atoms with Gasteiger partial charge in [-0.2, -0.15) is 0 Å². The molecular formula is C9H14N2OS.